The number of carbonyl (C=O) groups is 1. The Balaban J connectivity index is 2.57. The Labute approximate surface area is 124 Å². The number of hydrogen-bond donors (Lipinski definition) is 0. The average molecular weight is 339 g/mol. The Bertz CT molecular complexity index is 656. The molecule has 2 aromatic rings. The first kappa shape index (κ1) is 14.5. The molecule has 20 heavy (non-hydrogen) atoms. The van der Waals surface area contributed by atoms with E-state index in [0.29, 0.717) is 16.0 Å². The van der Waals surface area contributed by atoms with Crippen molar-refractivity contribution in [1.29, 1.82) is 0 Å². The van der Waals surface area contributed by atoms with Crippen LogP contribution in [0.2, 0.25) is 0 Å². The van der Waals surface area contributed by atoms with Crippen LogP contribution in [0.15, 0.2) is 40.9 Å². The second-order valence-electron chi connectivity index (χ2n) is 4.00. The van der Waals surface area contributed by atoms with Crippen molar-refractivity contribution >= 4 is 21.7 Å². The summed E-state index contributed by atoms with van der Waals surface area (Å²) in [6.45, 7) is 0. The van der Waals surface area contributed by atoms with Gasteiger partial charge in [0, 0.05) is 0 Å². The first-order chi connectivity index (χ1) is 9.58. The second-order valence-corrected chi connectivity index (χ2v) is 4.85. The molecule has 0 aliphatic heterocycles. The SMILES string of the molecule is COc1cc(C(=O)c2ccccc2F)c(OC)cc1Br. The smallest absolute Gasteiger partial charge is 0.199 e. The molecule has 0 heterocycles. The molecule has 0 amide bonds. The zero-order valence-corrected chi connectivity index (χ0v) is 12.5. The molecule has 104 valence electrons. The highest BCUT2D eigenvalue weighted by Crippen LogP contribution is 2.34. The van der Waals surface area contributed by atoms with Crippen molar-refractivity contribution in [2.45, 2.75) is 0 Å². The maximum absolute atomic E-state index is 13.7. The molecule has 0 spiro atoms. The van der Waals surface area contributed by atoms with Crippen LogP contribution in [-0.4, -0.2) is 20.0 Å². The van der Waals surface area contributed by atoms with Crippen LogP contribution in [0.1, 0.15) is 15.9 Å². The molecule has 0 atom stereocenters. The number of ether oxygens (including phenoxy) is 2. The first-order valence-electron chi connectivity index (χ1n) is 5.79. The van der Waals surface area contributed by atoms with Gasteiger partial charge in [-0.1, -0.05) is 12.1 Å². The van der Waals surface area contributed by atoms with Gasteiger partial charge in [-0.3, -0.25) is 4.79 Å². The molecule has 0 radical (unpaired) electrons. The lowest BCUT2D eigenvalue weighted by Crippen LogP contribution is -2.07. The van der Waals surface area contributed by atoms with Crippen molar-refractivity contribution in [3.63, 3.8) is 0 Å². The summed E-state index contributed by atoms with van der Waals surface area (Å²) in [6, 6.07) is 8.97. The lowest BCUT2D eigenvalue weighted by molar-refractivity contribution is 0.103. The standard InChI is InChI=1S/C15H12BrFO3/c1-19-13-8-11(16)14(20-2)7-10(13)15(18)9-5-3-4-6-12(9)17/h3-8H,1-2H3. The largest absolute Gasteiger partial charge is 0.496 e. The zero-order chi connectivity index (χ0) is 14.7. The van der Waals surface area contributed by atoms with Crippen molar-refractivity contribution < 1.29 is 18.7 Å². The molecule has 0 bridgehead atoms. The molecule has 0 aliphatic rings. The molecule has 3 nitrogen and oxygen atoms in total. The number of methoxy groups -OCH3 is 2. The quantitative estimate of drug-likeness (QED) is 0.794. The summed E-state index contributed by atoms with van der Waals surface area (Å²) in [5.41, 5.74) is 0.243. The molecular weight excluding hydrogens is 327 g/mol. The van der Waals surface area contributed by atoms with E-state index in [-0.39, 0.29) is 11.1 Å². The average Bonchev–Trinajstić information content (AvgIpc) is 2.46. The summed E-state index contributed by atoms with van der Waals surface area (Å²) in [5, 5.41) is 0. The fourth-order valence-electron chi connectivity index (χ4n) is 1.83. The van der Waals surface area contributed by atoms with Crippen LogP contribution >= 0.6 is 15.9 Å². The van der Waals surface area contributed by atoms with Gasteiger partial charge >= 0.3 is 0 Å². The molecule has 0 aromatic heterocycles. The number of ketones is 1. The van der Waals surface area contributed by atoms with E-state index < -0.39 is 11.6 Å². The minimum absolute atomic E-state index is 0.00447. The van der Waals surface area contributed by atoms with E-state index >= 15 is 0 Å². The minimum Gasteiger partial charge on any atom is -0.496 e. The summed E-state index contributed by atoms with van der Waals surface area (Å²) in [5.74, 6) is -0.191. The van der Waals surface area contributed by atoms with Gasteiger partial charge < -0.3 is 9.47 Å². The molecule has 0 fully saturated rings. The van der Waals surface area contributed by atoms with Gasteiger partial charge in [0.25, 0.3) is 0 Å². The van der Waals surface area contributed by atoms with Crippen molar-refractivity contribution in [2.24, 2.45) is 0 Å². The van der Waals surface area contributed by atoms with E-state index in [4.69, 9.17) is 9.47 Å². The van der Waals surface area contributed by atoms with Crippen molar-refractivity contribution in [1.82, 2.24) is 0 Å². The second kappa shape index (κ2) is 6.05. The molecule has 2 rings (SSSR count). The van der Waals surface area contributed by atoms with Gasteiger partial charge in [-0.25, -0.2) is 4.39 Å². The third-order valence-corrected chi connectivity index (χ3v) is 3.46. The Morgan fingerprint density at radius 3 is 2.30 bits per heavy atom. The maximum atomic E-state index is 13.7. The molecular formula is C15H12BrFO3. The van der Waals surface area contributed by atoms with Gasteiger partial charge in [0.1, 0.15) is 17.3 Å². The van der Waals surface area contributed by atoms with Crippen LogP contribution in [-0.2, 0) is 0 Å². The van der Waals surface area contributed by atoms with Crippen LogP contribution in [0.4, 0.5) is 4.39 Å². The van der Waals surface area contributed by atoms with Crippen molar-refractivity contribution in [3.8, 4) is 11.5 Å². The van der Waals surface area contributed by atoms with Crippen molar-refractivity contribution in [3.05, 3.63) is 57.8 Å². The van der Waals surface area contributed by atoms with E-state index in [0.717, 1.165) is 0 Å². The predicted octanol–water partition coefficient (Wildman–Crippen LogP) is 3.84. The van der Waals surface area contributed by atoms with Crippen LogP contribution in [0.3, 0.4) is 0 Å². The van der Waals surface area contributed by atoms with Crippen LogP contribution in [0, 0.1) is 5.82 Å². The lowest BCUT2D eigenvalue weighted by atomic mass is 10.0. The first-order valence-corrected chi connectivity index (χ1v) is 6.58. The normalized spacial score (nSPS) is 10.2. The number of rotatable bonds is 4. The predicted molar refractivity (Wildman–Crippen MR) is 77.1 cm³/mol. The van der Waals surface area contributed by atoms with E-state index in [1.165, 1.54) is 38.5 Å². The number of carbonyl (C=O) groups excluding carboxylic acids is 1. The number of halogens is 2. The summed E-state index contributed by atoms with van der Waals surface area (Å²) in [6.07, 6.45) is 0. The highest BCUT2D eigenvalue weighted by atomic mass is 79.9. The Morgan fingerprint density at radius 2 is 1.70 bits per heavy atom. The number of hydrogen-bond acceptors (Lipinski definition) is 3. The van der Waals surface area contributed by atoms with Gasteiger partial charge in [-0.15, -0.1) is 0 Å². The van der Waals surface area contributed by atoms with Crippen LogP contribution < -0.4 is 9.47 Å². The van der Waals surface area contributed by atoms with E-state index in [1.807, 2.05) is 0 Å². The minimum atomic E-state index is -0.568. The summed E-state index contributed by atoms with van der Waals surface area (Å²) in [7, 11) is 2.94. The third-order valence-electron chi connectivity index (χ3n) is 2.84. The Morgan fingerprint density at radius 1 is 1.05 bits per heavy atom. The van der Waals surface area contributed by atoms with Crippen molar-refractivity contribution in [2.75, 3.05) is 14.2 Å². The fourth-order valence-corrected chi connectivity index (χ4v) is 2.31. The Hall–Kier alpha value is -1.88. The van der Waals surface area contributed by atoms with Gasteiger partial charge in [-0.05, 0) is 40.2 Å². The molecule has 0 saturated heterocycles. The van der Waals surface area contributed by atoms with E-state index in [1.54, 1.807) is 12.1 Å². The highest BCUT2D eigenvalue weighted by molar-refractivity contribution is 9.10. The summed E-state index contributed by atoms with van der Waals surface area (Å²) in [4.78, 5) is 12.4. The van der Waals surface area contributed by atoms with E-state index in [2.05, 4.69) is 15.9 Å². The van der Waals surface area contributed by atoms with Gasteiger partial charge in [0.2, 0.25) is 0 Å². The molecule has 2 aromatic carbocycles. The third kappa shape index (κ3) is 2.67. The fraction of sp³-hybridized carbons (Fsp3) is 0.133. The molecule has 0 N–H and O–H groups in total. The zero-order valence-electron chi connectivity index (χ0n) is 10.9. The topological polar surface area (TPSA) is 35.5 Å². The molecule has 0 aliphatic carbocycles. The molecule has 0 unspecified atom stereocenters. The molecule has 0 saturated carbocycles. The van der Waals surface area contributed by atoms with Crippen LogP contribution in [0.25, 0.3) is 0 Å². The summed E-state index contributed by atoms with van der Waals surface area (Å²) >= 11 is 3.31. The van der Waals surface area contributed by atoms with Gasteiger partial charge in [-0.2, -0.15) is 0 Å². The van der Waals surface area contributed by atoms with Gasteiger partial charge in [0.15, 0.2) is 5.78 Å². The Kier molecular flexibility index (Phi) is 4.39. The summed E-state index contributed by atoms with van der Waals surface area (Å²) < 4.78 is 24.7. The monoisotopic (exact) mass is 338 g/mol. The lowest BCUT2D eigenvalue weighted by Gasteiger charge is -2.12. The maximum Gasteiger partial charge on any atom is 0.199 e. The van der Waals surface area contributed by atoms with E-state index in [9.17, 15) is 9.18 Å². The highest BCUT2D eigenvalue weighted by Gasteiger charge is 2.20. The number of benzene rings is 2. The van der Waals surface area contributed by atoms with Gasteiger partial charge in [0.05, 0.1) is 29.8 Å². The van der Waals surface area contributed by atoms with Crippen LogP contribution in [0.5, 0.6) is 11.5 Å². The molecule has 5 heteroatoms.